The molecule has 0 unspecified atom stereocenters. The lowest BCUT2D eigenvalue weighted by Gasteiger charge is -2.37. The number of hydrogen-bond acceptors (Lipinski definition) is 3. The molecule has 0 saturated carbocycles. The number of amides is 1. The van der Waals surface area contributed by atoms with E-state index in [1.807, 2.05) is 20.8 Å². The molecule has 0 aliphatic carbocycles. The Morgan fingerprint density at radius 3 is 2.11 bits per heavy atom. The second kappa shape index (κ2) is 4.90. The standard InChI is InChI=1S/C14H25NO3/c1-13(2,3)11-8-7-10(9-16)15(11)12(17)18-14(4,5)6/h9-11H,7-8H2,1-6H3/t10-,11-/m0/s1. The average Bonchev–Trinajstić information content (AvgIpc) is 2.56. The molecule has 1 aliphatic rings. The lowest BCUT2D eigenvalue weighted by atomic mass is 9.85. The van der Waals surface area contributed by atoms with Gasteiger partial charge in [0, 0.05) is 6.04 Å². The monoisotopic (exact) mass is 255 g/mol. The van der Waals surface area contributed by atoms with Gasteiger partial charge in [-0.1, -0.05) is 20.8 Å². The van der Waals surface area contributed by atoms with Crippen LogP contribution in [0.15, 0.2) is 0 Å². The van der Waals surface area contributed by atoms with E-state index in [2.05, 4.69) is 20.8 Å². The van der Waals surface area contributed by atoms with Gasteiger partial charge in [0.05, 0.1) is 6.04 Å². The van der Waals surface area contributed by atoms with Gasteiger partial charge in [0.2, 0.25) is 0 Å². The maximum absolute atomic E-state index is 12.2. The zero-order chi connectivity index (χ0) is 14.1. The number of carbonyl (C=O) groups is 2. The molecule has 1 rings (SSSR count). The van der Waals surface area contributed by atoms with Crippen molar-refractivity contribution in [3.63, 3.8) is 0 Å². The molecule has 4 nitrogen and oxygen atoms in total. The first-order chi connectivity index (χ1) is 8.06. The highest BCUT2D eigenvalue weighted by Gasteiger charge is 2.44. The summed E-state index contributed by atoms with van der Waals surface area (Å²) in [5, 5.41) is 0. The van der Waals surface area contributed by atoms with Crippen LogP contribution in [0.3, 0.4) is 0 Å². The Labute approximate surface area is 110 Å². The topological polar surface area (TPSA) is 46.6 Å². The molecule has 18 heavy (non-hydrogen) atoms. The van der Waals surface area contributed by atoms with Crippen molar-refractivity contribution < 1.29 is 14.3 Å². The quantitative estimate of drug-likeness (QED) is 0.677. The van der Waals surface area contributed by atoms with Gasteiger partial charge in [-0.25, -0.2) is 4.79 Å². The second-order valence-electron chi connectivity index (χ2n) is 7.05. The summed E-state index contributed by atoms with van der Waals surface area (Å²) in [6.07, 6.45) is 2.06. The van der Waals surface area contributed by atoms with Crippen molar-refractivity contribution in [2.24, 2.45) is 5.41 Å². The van der Waals surface area contributed by atoms with Gasteiger partial charge >= 0.3 is 6.09 Å². The summed E-state index contributed by atoms with van der Waals surface area (Å²) in [6, 6.07) is -0.286. The van der Waals surface area contributed by atoms with Crippen LogP contribution >= 0.6 is 0 Å². The summed E-state index contributed by atoms with van der Waals surface area (Å²) >= 11 is 0. The molecule has 0 spiro atoms. The molecule has 1 saturated heterocycles. The van der Waals surface area contributed by atoms with Gasteiger partial charge in [-0.3, -0.25) is 4.90 Å². The van der Waals surface area contributed by atoms with Crippen LogP contribution < -0.4 is 0 Å². The fourth-order valence-electron chi connectivity index (χ4n) is 2.40. The van der Waals surface area contributed by atoms with Gasteiger partial charge in [0.15, 0.2) is 0 Å². The van der Waals surface area contributed by atoms with Crippen molar-refractivity contribution >= 4 is 12.4 Å². The molecular weight excluding hydrogens is 230 g/mol. The molecule has 0 aromatic heterocycles. The number of likely N-dealkylation sites (tertiary alicyclic amines) is 1. The zero-order valence-electron chi connectivity index (χ0n) is 12.3. The summed E-state index contributed by atoms with van der Waals surface area (Å²) in [5.41, 5.74) is -0.579. The SMILES string of the molecule is CC(C)(C)OC(=O)N1[C@H](C=O)CC[C@H]1C(C)(C)C. The molecule has 1 heterocycles. The number of carbonyl (C=O) groups excluding carboxylic acids is 2. The van der Waals surface area contributed by atoms with E-state index in [1.54, 1.807) is 4.90 Å². The number of nitrogens with zero attached hydrogens (tertiary/aromatic N) is 1. The van der Waals surface area contributed by atoms with E-state index < -0.39 is 5.60 Å². The van der Waals surface area contributed by atoms with Gasteiger partial charge in [-0.15, -0.1) is 0 Å². The third-order valence-electron chi connectivity index (χ3n) is 3.19. The molecule has 1 aliphatic heterocycles. The molecule has 104 valence electrons. The summed E-state index contributed by atoms with van der Waals surface area (Å²) in [4.78, 5) is 25.0. The molecule has 0 radical (unpaired) electrons. The van der Waals surface area contributed by atoms with Crippen LogP contribution in [-0.2, 0) is 9.53 Å². The van der Waals surface area contributed by atoms with Gasteiger partial charge < -0.3 is 9.53 Å². The minimum Gasteiger partial charge on any atom is -0.444 e. The number of hydrogen-bond donors (Lipinski definition) is 0. The van der Waals surface area contributed by atoms with Crippen LogP contribution in [0.4, 0.5) is 4.79 Å². The maximum Gasteiger partial charge on any atom is 0.411 e. The minimum absolute atomic E-state index is 0.0470. The second-order valence-corrected chi connectivity index (χ2v) is 7.05. The molecule has 0 bridgehead atoms. The molecule has 4 heteroatoms. The van der Waals surface area contributed by atoms with Crippen molar-refractivity contribution in [1.29, 1.82) is 0 Å². The highest BCUT2D eigenvalue weighted by atomic mass is 16.6. The van der Waals surface area contributed by atoms with Crippen LogP contribution in [0.2, 0.25) is 0 Å². The molecule has 1 fully saturated rings. The molecule has 1 amide bonds. The van der Waals surface area contributed by atoms with Crippen LogP contribution in [0.1, 0.15) is 54.4 Å². The zero-order valence-corrected chi connectivity index (χ0v) is 12.3. The number of ether oxygens (including phenoxy) is 1. The van der Waals surface area contributed by atoms with Crippen molar-refractivity contribution in [2.45, 2.75) is 72.1 Å². The Bertz CT molecular complexity index is 325. The highest BCUT2D eigenvalue weighted by molar-refractivity contribution is 5.75. The lowest BCUT2D eigenvalue weighted by Crippen LogP contribution is -2.49. The van der Waals surface area contributed by atoms with E-state index >= 15 is 0 Å². The number of rotatable bonds is 1. The van der Waals surface area contributed by atoms with Gasteiger partial charge in [-0.05, 0) is 39.0 Å². The van der Waals surface area contributed by atoms with Crippen molar-refractivity contribution in [1.82, 2.24) is 4.90 Å². The number of aldehydes is 1. The summed E-state index contributed by atoms with van der Waals surface area (Å²) in [5.74, 6) is 0. The fourth-order valence-corrected chi connectivity index (χ4v) is 2.40. The van der Waals surface area contributed by atoms with E-state index in [9.17, 15) is 9.59 Å². The van der Waals surface area contributed by atoms with Crippen molar-refractivity contribution in [2.75, 3.05) is 0 Å². The minimum atomic E-state index is -0.532. The third-order valence-corrected chi connectivity index (χ3v) is 3.19. The Hall–Kier alpha value is -1.06. The van der Waals surface area contributed by atoms with E-state index in [-0.39, 0.29) is 23.6 Å². The van der Waals surface area contributed by atoms with E-state index in [0.717, 1.165) is 19.1 Å². The van der Waals surface area contributed by atoms with E-state index in [4.69, 9.17) is 4.74 Å². The molecule has 0 N–H and O–H groups in total. The first-order valence-corrected chi connectivity index (χ1v) is 6.53. The summed E-state index contributed by atoms with van der Waals surface area (Å²) < 4.78 is 5.41. The summed E-state index contributed by atoms with van der Waals surface area (Å²) in [7, 11) is 0. The summed E-state index contributed by atoms with van der Waals surface area (Å²) in [6.45, 7) is 11.8. The van der Waals surface area contributed by atoms with Crippen LogP contribution in [0.5, 0.6) is 0 Å². The Morgan fingerprint density at radius 1 is 1.17 bits per heavy atom. The molecule has 0 aromatic carbocycles. The maximum atomic E-state index is 12.2. The predicted octanol–water partition coefficient (Wildman–Crippen LogP) is 3.00. The van der Waals surface area contributed by atoms with Gasteiger partial charge in [-0.2, -0.15) is 0 Å². The average molecular weight is 255 g/mol. The molecule has 0 aromatic rings. The Morgan fingerprint density at radius 2 is 1.72 bits per heavy atom. The fraction of sp³-hybridized carbons (Fsp3) is 0.857. The van der Waals surface area contributed by atoms with Crippen LogP contribution in [-0.4, -0.2) is 35.0 Å². The Kier molecular flexibility index (Phi) is 4.08. The van der Waals surface area contributed by atoms with Gasteiger partial charge in [0.1, 0.15) is 11.9 Å². The van der Waals surface area contributed by atoms with E-state index in [1.165, 1.54) is 0 Å². The smallest absolute Gasteiger partial charge is 0.411 e. The third kappa shape index (κ3) is 3.47. The Balaban J connectivity index is 2.91. The predicted molar refractivity (Wildman–Crippen MR) is 70.4 cm³/mol. The largest absolute Gasteiger partial charge is 0.444 e. The van der Waals surface area contributed by atoms with Crippen molar-refractivity contribution in [3.05, 3.63) is 0 Å². The van der Waals surface area contributed by atoms with Crippen LogP contribution in [0, 0.1) is 5.41 Å². The van der Waals surface area contributed by atoms with Gasteiger partial charge in [0.25, 0.3) is 0 Å². The first kappa shape index (κ1) is 15.0. The van der Waals surface area contributed by atoms with Crippen molar-refractivity contribution in [3.8, 4) is 0 Å². The first-order valence-electron chi connectivity index (χ1n) is 6.53. The van der Waals surface area contributed by atoms with Crippen LogP contribution in [0.25, 0.3) is 0 Å². The normalized spacial score (nSPS) is 25.1. The highest BCUT2D eigenvalue weighted by Crippen LogP contribution is 2.36. The molecular formula is C14H25NO3. The van der Waals surface area contributed by atoms with E-state index in [0.29, 0.717) is 0 Å². The molecule has 2 atom stereocenters. The lowest BCUT2D eigenvalue weighted by molar-refractivity contribution is -0.112.